The molecule has 0 aliphatic rings. The fourth-order valence-corrected chi connectivity index (χ4v) is 1.42. The third-order valence-corrected chi connectivity index (χ3v) is 2.36. The van der Waals surface area contributed by atoms with E-state index in [0.29, 0.717) is 12.1 Å². The Labute approximate surface area is 95.4 Å². The van der Waals surface area contributed by atoms with Crippen LogP contribution in [0.5, 0.6) is 0 Å². The highest BCUT2D eigenvalue weighted by molar-refractivity contribution is 5.34. The van der Waals surface area contributed by atoms with Crippen molar-refractivity contribution < 1.29 is 4.39 Å². The standard InChI is InChI=1S/C13H15FN2/c1-3-5-10(2)16-9-12-7-4-6-11(8-15)13(12)14/h3-4,6-7,10,16H,1,5,9H2,2H3. The van der Waals surface area contributed by atoms with Crippen LogP contribution < -0.4 is 5.32 Å². The first-order valence-corrected chi connectivity index (χ1v) is 5.20. The molecule has 0 saturated carbocycles. The van der Waals surface area contributed by atoms with Crippen molar-refractivity contribution in [2.45, 2.75) is 25.9 Å². The lowest BCUT2D eigenvalue weighted by Gasteiger charge is -2.12. The van der Waals surface area contributed by atoms with E-state index in [1.54, 1.807) is 12.1 Å². The van der Waals surface area contributed by atoms with Gasteiger partial charge >= 0.3 is 0 Å². The maximum Gasteiger partial charge on any atom is 0.145 e. The Balaban J connectivity index is 2.68. The molecular weight excluding hydrogens is 203 g/mol. The summed E-state index contributed by atoms with van der Waals surface area (Å²) in [6.45, 7) is 6.08. The Kier molecular flexibility index (Phi) is 4.68. The van der Waals surface area contributed by atoms with Crippen molar-refractivity contribution in [2.24, 2.45) is 0 Å². The summed E-state index contributed by atoms with van der Waals surface area (Å²) in [6.07, 6.45) is 2.65. The summed E-state index contributed by atoms with van der Waals surface area (Å²) in [5.41, 5.74) is 0.616. The SMILES string of the molecule is C=CCC(C)NCc1cccc(C#N)c1F. The summed E-state index contributed by atoms with van der Waals surface area (Å²) in [6, 6.07) is 6.94. The topological polar surface area (TPSA) is 35.8 Å². The fourth-order valence-electron chi connectivity index (χ4n) is 1.42. The van der Waals surface area contributed by atoms with Crippen molar-refractivity contribution >= 4 is 0 Å². The smallest absolute Gasteiger partial charge is 0.145 e. The second-order valence-corrected chi connectivity index (χ2v) is 3.70. The summed E-state index contributed by atoms with van der Waals surface area (Å²) in [5, 5.41) is 11.9. The number of nitriles is 1. The molecule has 0 amide bonds. The number of hydrogen-bond donors (Lipinski definition) is 1. The third-order valence-electron chi connectivity index (χ3n) is 2.36. The molecule has 3 heteroatoms. The first kappa shape index (κ1) is 12.4. The van der Waals surface area contributed by atoms with E-state index < -0.39 is 5.82 Å². The minimum Gasteiger partial charge on any atom is -0.310 e. The van der Waals surface area contributed by atoms with Crippen LogP contribution in [0, 0.1) is 17.1 Å². The predicted molar refractivity (Wildman–Crippen MR) is 62.2 cm³/mol. The Morgan fingerprint density at radius 3 is 3.00 bits per heavy atom. The van der Waals surface area contributed by atoms with Gasteiger partial charge in [-0.15, -0.1) is 6.58 Å². The summed E-state index contributed by atoms with van der Waals surface area (Å²) < 4.78 is 13.6. The molecule has 1 atom stereocenters. The van der Waals surface area contributed by atoms with Crippen LogP contribution in [0.1, 0.15) is 24.5 Å². The third kappa shape index (κ3) is 3.18. The van der Waals surface area contributed by atoms with Gasteiger partial charge in [0, 0.05) is 18.2 Å². The molecule has 0 spiro atoms. The molecule has 0 aliphatic heterocycles. The van der Waals surface area contributed by atoms with Gasteiger partial charge in [0.2, 0.25) is 0 Å². The first-order valence-electron chi connectivity index (χ1n) is 5.20. The Morgan fingerprint density at radius 1 is 1.62 bits per heavy atom. The predicted octanol–water partition coefficient (Wildman–Crippen LogP) is 2.75. The normalized spacial score (nSPS) is 11.8. The van der Waals surface area contributed by atoms with Crippen LogP contribution in [0.2, 0.25) is 0 Å². The quantitative estimate of drug-likeness (QED) is 0.771. The van der Waals surface area contributed by atoms with Gasteiger partial charge < -0.3 is 5.32 Å². The van der Waals surface area contributed by atoms with Gasteiger partial charge in [-0.25, -0.2) is 4.39 Å². The number of benzene rings is 1. The fraction of sp³-hybridized carbons (Fsp3) is 0.308. The van der Waals surface area contributed by atoms with E-state index in [2.05, 4.69) is 11.9 Å². The molecule has 1 rings (SSSR count). The van der Waals surface area contributed by atoms with Crippen molar-refractivity contribution in [2.75, 3.05) is 0 Å². The Bertz CT molecular complexity index is 407. The van der Waals surface area contributed by atoms with Gasteiger partial charge in [0.15, 0.2) is 0 Å². The van der Waals surface area contributed by atoms with Crippen molar-refractivity contribution in [1.29, 1.82) is 5.26 Å². The highest BCUT2D eigenvalue weighted by Gasteiger charge is 2.07. The number of nitrogens with one attached hydrogen (secondary N) is 1. The minimum atomic E-state index is -0.427. The van der Waals surface area contributed by atoms with E-state index in [9.17, 15) is 4.39 Å². The Morgan fingerprint density at radius 2 is 2.38 bits per heavy atom. The molecule has 0 aliphatic carbocycles. The zero-order valence-electron chi connectivity index (χ0n) is 9.33. The average molecular weight is 218 g/mol. The van der Waals surface area contributed by atoms with Crippen LogP contribution in [0.15, 0.2) is 30.9 Å². The highest BCUT2D eigenvalue weighted by atomic mass is 19.1. The first-order chi connectivity index (χ1) is 7.69. The van der Waals surface area contributed by atoms with Crippen LogP contribution in [0.4, 0.5) is 4.39 Å². The molecule has 16 heavy (non-hydrogen) atoms. The van der Waals surface area contributed by atoms with E-state index in [-0.39, 0.29) is 11.6 Å². The van der Waals surface area contributed by atoms with Crippen molar-refractivity contribution in [3.8, 4) is 6.07 Å². The molecule has 0 radical (unpaired) electrons. The molecule has 1 unspecified atom stereocenters. The van der Waals surface area contributed by atoms with Gasteiger partial charge in [0.1, 0.15) is 11.9 Å². The number of halogens is 1. The van der Waals surface area contributed by atoms with E-state index in [0.717, 1.165) is 6.42 Å². The zero-order valence-corrected chi connectivity index (χ0v) is 9.33. The second kappa shape index (κ2) is 6.04. The van der Waals surface area contributed by atoms with E-state index >= 15 is 0 Å². The lowest BCUT2D eigenvalue weighted by Crippen LogP contribution is -2.25. The van der Waals surface area contributed by atoms with Gasteiger partial charge in [-0.3, -0.25) is 0 Å². The van der Waals surface area contributed by atoms with Crippen LogP contribution in [0.25, 0.3) is 0 Å². The van der Waals surface area contributed by atoms with Crippen LogP contribution in [-0.4, -0.2) is 6.04 Å². The second-order valence-electron chi connectivity index (χ2n) is 3.70. The average Bonchev–Trinajstić information content (AvgIpc) is 2.28. The van der Waals surface area contributed by atoms with E-state index in [4.69, 9.17) is 5.26 Å². The van der Waals surface area contributed by atoms with Crippen molar-refractivity contribution in [1.82, 2.24) is 5.32 Å². The molecule has 0 aromatic heterocycles. The summed E-state index contributed by atoms with van der Waals surface area (Å²) in [7, 11) is 0. The Hall–Kier alpha value is -1.66. The molecule has 1 aromatic carbocycles. The maximum atomic E-state index is 13.6. The molecule has 0 saturated heterocycles. The summed E-state index contributed by atoms with van der Waals surface area (Å²) >= 11 is 0. The largest absolute Gasteiger partial charge is 0.310 e. The minimum absolute atomic E-state index is 0.0932. The van der Waals surface area contributed by atoms with Gasteiger partial charge in [-0.05, 0) is 19.4 Å². The van der Waals surface area contributed by atoms with Crippen LogP contribution in [0.3, 0.4) is 0 Å². The number of rotatable bonds is 5. The number of nitrogens with zero attached hydrogens (tertiary/aromatic N) is 1. The molecular formula is C13H15FN2. The monoisotopic (exact) mass is 218 g/mol. The van der Waals surface area contributed by atoms with Gasteiger partial charge in [-0.1, -0.05) is 18.2 Å². The molecule has 84 valence electrons. The van der Waals surface area contributed by atoms with E-state index in [1.165, 1.54) is 6.07 Å². The lowest BCUT2D eigenvalue weighted by molar-refractivity contribution is 0.530. The molecule has 1 N–H and O–H groups in total. The van der Waals surface area contributed by atoms with Gasteiger partial charge in [0.25, 0.3) is 0 Å². The molecule has 1 aromatic rings. The summed E-state index contributed by atoms with van der Waals surface area (Å²) in [5.74, 6) is -0.427. The number of hydrogen-bond acceptors (Lipinski definition) is 2. The maximum absolute atomic E-state index is 13.6. The molecule has 0 bridgehead atoms. The molecule has 0 fully saturated rings. The van der Waals surface area contributed by atoms with Crippen molar-refractivity contribution in [3.05, 3.63) is 47.8 Å². The van der Waals surface area contributed by atoms with Gasteiger partial charge in [-0.2, -0.15) is 5.26 Å². The molecule has 2 nitrogen and oxygen atoms in total. The lowest BCUT2D eigenvalue weighted by atomic mass is 10.1. The van der Waals surface area contributed by atoms with Gasteiger partial charge in [0.05, 0.1) is 5.56 Å². The highest BCUT2D eigenvalue weighted by Crippen LogP contribution is 2.12. The van der Waals surface area contributed by atoms with Crippen LogP contribution in [-0.2, 0) is 6.54 Å². The molecule has 0 heterocycles. The van der Waals surface area contributed by atoms with Crippen LogP contribution >= 0.6 is 0 Å². The summed E-state index contributed by atoms with van der Waals surface area (Å²) in [4.78, 5) is 0. The zero-order chi connectivity index (χ0) is 12.0. The van der Waals surface area contributed by atoms with E-state index in [1.807, 2.05) is 19.1 Å². The van der Waals surface area contributed by atoms with Crippen molar-refractivity contribution in [3.63, 3.8) is 0 Å².